The van der Waals surface area contributed by atoms with Crippen LogP contribution in [0.2, 0.25) is 0 Å². The maximum atomic E-state index is 13.0. The van der Waals surface area contributed by atoms with Crippen LogP contribution in [0.5, 0.6) is 5.75 Å². The van der Waals surface area contributed by atoms with Crippen molar-refractivity contribution >= 4 is 11.7 Å². The summed E-state index contributed by atoms with van der Waals surface area (Å²) < 4.78 is 7.87. The Morgan fingerprint density at radius 1 is 1.10 bits per heavy atom. The molecular formula is C22H24N6O2. The van der Waals surface area contributed by atoms with E-state index in [0.717, 1.165) is 43.3 Å². The Hall–Kier alpha value is -3.42. The summed E-state index contributed by atoms with van der Waals surface area (Å²) in [4.78, 5) is 30.3. The molecule has 0 N–H and O–H groups in total. The van der Waals surface area contributed by atoms with Gasteiger partial charge in [-0.05, 0) is 31.4 Å². The van der Waals surface area contributed by atoms with Gasteiger partial charge in [0.15, 0.2) is 6.10 Å². The van der Waals surface area contributed by atoms with Gasteiger partial charge in [0.05, 0.1) is 0 Å². The van der Waals surface area contributed by atoms with Crippen LogP contribution in [-0.2, 0) is 11.2 Å². The normalized spacial score (nSPS) is 18.6. The Morgan fingerprint density at radius 3 is 2.70 bits per heavy atom. The van der Waals surface area contributed by atoms with Gasteiger partial charge in [-0.15, -0.1) is 0 Å². The molecule has 8 nitrogen and oxygen atoms in total. The highest BCUT2D eigenvalue weighted by molar-refractivity contribution is 5.82. The molecule has 2 aliphatic rings. The van der Waals surface area contributed by atoms with Crippen molar-refractivity contribution in [2.75, 3.05) is 31.1 Å². The SMILES string of the molecule is Cc1nc(N2CCN(C(=O)C3CCc4ccccc4O3)CC2)cc(-n2ccnc2)n1. The highest BCUT2D eigenvalue weighted by Gasteiger charge is 2.31. The molecule has 5 rings (SSSR count). The molecule has 0 saturated carbocycles. The molecule has 30 heavy (non-hydrogen) atoms. The molecule has 1 aromatic carbocycles. The fraction of sp³-hybridized carbons (Fsp3) is 0.364. The van der Waals surface area contributed by atoms with Gasteiger partial charge in [-0.2, -0.15) is 0 Å². The van der Waals surface area contributed by atoms with Crippen LogP contribution in [0.1, 0.15) is 17.8 Å². The second-order valence-corrected chi connectivity index (χ2v) is 7.67. The van der Waals surface area contributed by atoms with Crippen molar-refractivity contribution in [1.82, 2.24) is 24.4 Å². The third kappa shape index (κ3) is 3.60. The van der Waals surface area contributed by atoms with Crippen molar-refractivity contribution in [3.63, 3.8) is 0 Å². The quantitative estimate of drug-likeness (QED) is 0.665. The fourth-order valence-corrected chi connectivity index (χ4v) is 4.08. The number of rotatable bonds is 3. The van der Waals surface area contributed by atoms with Crippen LogP contribution in [0.15, 0.2) is 49.1 Å². The lowest BCUT2D eigenvalue weighted by atomic mass is 10.0. The van der Waals surface area contributed by atoms with Gasteiger partial charge in [0, 0.05) is 44.6 Å². The maximum Gasteiger partial charge on any atom is 0.263 e. The summed E-state index contributed by atoms with van der Waals surface area (Å²) in [6.45, 7) is 4.67. The molecule has 2 aromatic heterocycles. The molecule has 0 spiro atoms. The van der Waals surface area contributed by atoms with Crippen molar-refractivity contribution in [2.45, 2.75) is 25.9 Å². The standard InChI is InChI=1S/C22H24N6O2/c1-16-24-20(14-21(25-16)28-9-8-23-15-28)26-10-12-27(13-11-26)22(29)19-7-6-17-4-2-3-5-18(17)30-19/h2-5,8-9,14-15,19H,6-7,10-13H2,1H3. The minimum Gasteiger partial charge on any atom is -0.480 e. The Balaban J connectivity index is 1.24. The van der Waals surface area contributed by atoms with E-state index in [1.54, 1.807) is 12.5 Å². The number of fused-ring (bicyclic) bond motifs is 1. The summed E-state index contributed by atoms with van der Waals surface area (Å²) in [7, 11) is 0. The number of piperazine rings is 1. The first-order valence-corrected chi connectivity index (χ1v) is 10.3. The van der Waals surface area contributed by atoms with Crippen molar-refractivity contribution in [2.24, 2.45) is 0 Å². The van der Waals surface area contributed by atoms with Crippen LogP contribution in [0.25, 0.3) is 5.82 Å². The Kier molecular flexibility index (Phi) is 4.82. The lowest BCUT2D eigenvalue weighted by Gasteiger charge is -2.37. The largest absolute Gasteiger partial charge is 0.480 e. The number of imidazole rings is 1. The number of ether oxygens (including phenoxy) is 1. The number of hydrogen-bond acceptors (Lipinski definition) is 6. The average Bonchev–Trinajstić information content (AvgIpc) is 3.33. The first-order valence-electron chi connectivity index (χ1n) is 10.3. The second kappa shape index (κ2) is 7.78. The molecule has 1 saturated heterocycles. The number of hydrogen-bond donors (Lipinski definition) is 0. The van der Waals surface area contributed by atoms with Gasteiger partial charge in [-0.25, -0.2) is 15.0 Å². The highest BCUT2D eigenvalue weighted by atomic mass is 16.5. The molecule has 1 amide bonds. The molecule has 8 heteroatoms. The van der Waals surface area contributed by atoms with E-state index in [4.69, 9.17) is 4.74 Å². The summed E-state index contributed by atoms with van der Waals surface area (Å²) in [6, 6.07) is 9.94. The second-order valence-electron chi connectivity index (χ2n) is 7.67. The topological polar surface area (TPSA) is 76.4 Å². The molecule has 1 unspecified atom stereocenters. The first-order chi connectivity index (χ1) is 14.7. The third-order valence-corrected chi connectivity index (χ3v) is 5.69. The van der Waals surface area contributed by atoms with Crippen LogP contribution in [-0.4, -0.2) is 62.6 Å². The highest BCUT2D eigenvalue weighted by Crippen LogP contribution is 2.28. The number of benzene rings is 1. The number of amides is 1. The molecule has 3 aromatic rings. The molecular weight excluding hydrogens is 380 g/mol. The third-order valence-electron chi connectivity index (χ3n) is 5.69. The molecule has 1 fully saturated rings. The van der Waals surface area contributed by atoms with Gasteiger partial charge in [-0.1, -0.05) is 18.2 Å². The zero-order chi connectivity index (χ0) is 20.5. The summed E-state index contributed by atoms with van der Waals surface area (Å²) in [5.74, 6) is 3.30. The van der Waals surface area contributed by atoms with Crippen molar-refractivity contribution < 1.29 is 9.53 Å². The summed E-state index contributed by atoms with van der Waals surface area (Å²) in [5, 5.41) is 0. The zero-order valence-electron chi connectivity index (χ0n) is 16.9. The Morgan fingerprint density at radius 2 is 1.90 bits per heavy atom. The Labute approximate surface area is 175 Å². The summed E-state index contributed by atoms with van der Waals surface area (Å²) in [6.07, 6.45) is 6.54. The number of carbonyl (C=O) groups excluding carboxylic acids is 1. The van der Waals surface area contributed by atoms with Crippen molar-refractivity contribution in [3.8, 4) is 11.6 Å². The lowest BCUT2D eigenvalue weighted by molar-refractivity contribution is -0.139. The van der Waals surface area contributed by atoms with E-state index in [-0.39, 0.29) is 12.0 Å². The molecule has 0 aliphatic carbocycles. The van der Waals surface area contributed by atoms with E-state index < -0.39 is 0 Å². The van der Waals surface area contributed by atoms with Gasteiger partial charge in [0.2, 0.25) is 0 Å². The van der Waals surface area contributed by atoms with Crippen LogP contribution in [0.4, 0.5) is 5.82 Å². The fourth-order valence-electron chi connectivity index (χ4n) is 4.08. The van der Waals surface area contributed by atoms with Crippen molar-refractivity contribution in [3.05, 3.63) is 60.4 Å². The molecule has 154 valence electrons. The predicted molar refractivity (Wildman–Crippen MR) is 112 cm³/mol. The molecule has 0 radical (unpaired) electrons. The van der Waals surface area contributed by atoms with Crippen LogP contribution < -0.4 is 9.64 Å². The van der Waals surface area contributed by atoms with E-state index in [0.29, 0.717) is 18.9 Å². The van der Waals surface area contributed by atoms with Crippen LogP contribution >= 0.6 is 0 Å². The van der Waals surface area contributed by atoms with Crippen LogP contribution in [0, 0.1) is 6.92 Å². The Bertz CT molecular complexity index is 1040. The first kappa shape index (κ1) is 18.6. The van der Waals surface area contributed by atoms with Crippen LogP contribution in [0.3, 0.4) is 0 Å². The zero-order valence-corrected chi connectivity index (χ0v) is 16.9. The van der Waals surface area contributed by atoms with Gasteiger partial charge < -0.3 is 14.5 Å². The number of aryl methyl sites for hydroxylation is 2. The lowest BCUT2D eigenvalue weighted by Crippen LogP contribution is -2.53. The van der Waals surface area contributed by atoms with E-state index in [9.17, 15) is 4.79 Å². The predicted octanol–water partition coefficient (Wildman–Crippen LogP) is 2.01. The molecule has 2 aliphatic heterocycles. The number of carbonyl (C=O) groups is 1. The number of aromatic nitrogens is 4. The van der Waals surface area contributed by atoms with E-state index >= 15 is 0 Å². The molecule has 4 heterocycles. The number of para-hydroxylation sites is 1. The summed E-state index contributed by atoms with van der Waals surface area (Å²) in [5.41, 5.74) is 1.18. The maximum absolute atomic E-state index is 13.0. The van der Waals surface area contributed by atoms with E-state index in [2.05, 4.69) is 25.9 Å². The number of nitrogens with zero attached hydrogens (tertiary/aromatic N) is 6. The van der Waals surface area contributed by atoms with Gasteiger partial charge in [0.1, 0.15) is 29.5 Å². The average molecular weight is 404 g/mol. The monoisotopic (exact) mass is 404 g/mol. The van der Waals surface area contributed by atoms with Crippen molar-refractivity contribution in [1.29, 1.82) is 0 Å². The van der Waals surface area contributed by atoms with Gasteiger partial charge in [-0.3, -0.25) is 9.36 Å². The van der Waals surface area contributed by atoms with Gasteiger partial charge in [0.25, 0.3) is 5.91 Å². The number of anilines is 1. The summed E-state index contributed by atoms with van der Waals surface area (Å²) >= 11 is 0. The van der Waals surface area contributed by atoms with E-state index in [1.807, 2.05) is 46.9 Å². The minimum absolute atomic E-state index is 0.0853. The molecule has 1 atom stereocenters. The van der Waals surface area contributed by atoms with Gasteiger partial charge >= 0.3 is 0 Å². The molecule has 0 bridgehead atoms. The van der Waals surface area contributed by atoms with E-state index in [1.165, 1.54) is 5.56 Å². The minimum atomic E-state index is -0.388. The smallest absolute Gasteiger partial charge is 0.263 e.